The first-order valence-corrected chi connectivity index (χ1v) is 7.39. The lowest BCUT2D eigenvalue weighted by atomic mass is 10.4. The van der Waals surface area contributed by atoms with E-state index in [-0.39, 0.29) is 22.3 Å². The van der Waals surface area contributed by atoms with Crippen molar-refractivity contribution in [3.63, 3.8) is 0 Å². The first-order valence-electron chi connectivity index (χ1n) is 5.53. The maximum Gasteiger partial charge on any atom is 0.242 e. The second-order valence-electron chi connectivity index (χ2n) is 3.92. The maximum atomic E-state index is 12.1. The van der Waals surface area contributed by atoms with E-state index in [9.17, 15) is 8.42 Å². The summed E-state index contributed by atoms with van der Waals surface area (Å²) in [6, 6.07) is 2.99. The van der Waals surface area contributed by atoms with E-state index in [2.05, 4.69) is 20.2 Å². The number of rotatable bonds is 5. The number of nitrogens with zero attached hydrogens (tertiary/aromatic N) is 3. The minimum Gasteiger partial charge on any atom is -0.307 e. The highest BCUT2D eigenvalue weighted by Crippen LogP contribution is 2.21. The third-order valence-electron chi connectivity index (χ3n) is 2.63. The van der Waals surface area contributed by atoms with Gasteiger partial charge in [0, 0.05) is 19.4 Å². The summed E-state index contributed by atoms with van der Waals surface area (Å²) in [5.41, 5.74) is 3.00. The number of hydrogen-bond donors (Lipinski definition) is 3. The number of hydrazine groups is 1. The van der Waals surface area contributed by atoms with Crippen molar-refractivity contribution in [2.45, 2.75) is 11.4 Å². The lowest BCUT2D eigenvalue weighted by Crippen LogP contribution is -2.24. The van der Waals surface area contributed by atoms with Gasteiger partial charge in [0.05, 0.1) is 17.3 Å². The zero-order valence-corrected chi connectivity index (χ0v) is 12.1. The van der Waals surface area contributed by atoms with Crippen LogP contribution in [-0.4, -0.2) is 23.2 Å². The number of halogens is 1. The van der Waals surface area contributed by atoms with E-state index in [1.54, 1.807) is 24.0 Å². The molecule has 0 aliphatic rings. The molecular weight excluding hydrogens is 304 g/mol. The van der Waals surface area contributed by atoms with Gasteiger partial charge in [0.2, 0.25) is 10.0 Å². The minimum absolute atomic E-state index is 0.0383. The number of sulfonamides is 1. The largest absolute Gasteiger partial charge is 0.307 e. The summed E-state index contributed by atoms with van der Waals surface area (Å²) in [6.45, 7) is 0.118. The first kappa shape index (κ1) is 14.7. The van der Waals surface area contributed by atoms with Crippen LogP contribution in [0, 0.1) is 0 Å². The highest BCUT2D eigenvalue weighted by molar-refractivity contribution is 7.89. The van der Waals surface area contributed by atoms with E-state index in [1.807, 2.05) is 0 Å². The fourth-order valence-corrected chi connectivity index (χ4v) is 2.76. The van der Waals surface area contributed by atoms with E-state index < -0.39 is 10.0 Å². The summed E-state index contributed by atoms with van der Waals surface area (Å²) in [4.78, 5) is 3.78. The van der Waals surface area contributed by atoms with Crippen LogP contribution in [0.25, 0.3) is 0 Å². The number of anilines is 1. The zero-order valence-electron chi connectivity index (χ0n) is 10.5. The van der Waals surface area contributed by atoms with Crippen molar-refractivity contribution in [1.82, 2.24) is 19.5 Å². The fraction of sp³-hybridized carbons (Fsp3) is 0.200. The van der Waals surface area contributed by atoms with Crippen LogP contribution in [0.5, 0.6) is 0 Å². The van der Waals surface area contributed by atoms with Gasteiger partial charge in [-0.2, -0.15) is 5.10 Å². The number of aryl methyl sites for hydroxylation is 1. The first-order chi connectivity index (χ1) is 9.44. The molecule has 0 spiro atoms. The summed E-state index contributed by atoms with van der Waals surface area (Å²) in [7, 11) is -1.98. The molecule has 4 N–H and O–H groups in total. The Bertz CT molecular complexity index is 714. The molecule has 0 amide bonds. The minimum atomic E-state index is -3.71. The van der Waals surface area contributed by atoms with Crippen molar-refractivity contribution < 1.29 is 8.42 Å². The molecule has 2 rings (SSSR count). The van der Waals surface area contributed by atoms with Crippen LogP contribution in [0.2, 0.25) is 5.02 Å². The molecule has 0 fully saturated rings. The molecule has 0 unspecified atom stereocenters. The number of nitrogen functional groups attached to an aromatic ring is 1. The normalized spacial score (nSPS) is 11.6. The molecule has 0 bridgehead atoms. The topological polar surface area (TPSA) is 115 Å². The molecule has 0 atom stereocenters. The van der Waals surface area contributed by atoms with E-state index >= 15 is 0 Å². The average molecular weight is 317 g/mol. The van der Waals surface area contributed by atoms with Crippen LogP contribution >= 0.6 is 11.6 Å². The maximum absolute atomic E-state index is 12.1. The van der Waals surface area contributed by atoms with E-state index in [4.69, 9.17) is 17.4 Å². The van der Waals surface area contributed by atoms with Crippen LogP contribution in [-0.2, 0) is 23.6 Å². The van der Waals surface area contributed by atoms with E-state index in [0.717, 1.165) is 5.69 Å². The summed E-state index contributed by atoms with van der Waals surface area (Å²) >= 11 is 5.85. The van der Waals surface area contributed by atoms with Crippen molar-refractivity contribution in [1.29, 1.82) is 0 Å². The van der Waals surface area contributed by atoms with Crippen molar-refractivity contribution in [3.8, 4) is 0 Å². The third-order valence-corrected chi connectivity index (χ3v) is 4.29. The molecule has 0 aliphatic heterocycles. The SMILES string of the molecule is Cn1nccc1CNS(=O)(=O)c1cnc(NN)c(Cl)c1. The number of nitrogens with two attached hydrogens (primary N) is 1. The van der Waals surface area contributed by atoms with E-state index in [1.165, 1.54) is 12.3 Å². The van der Waals surface area contributed by atoms with Gasteiger partial charge >= 0.3 is 0 Å². The zero-order chi connectivity index (χ0) is 14.8. The van der Waals surface area contributed by atoms with Gasteiger partial charge in [-0.05, 0) is 12.1 Å². The molecule has 108 valence electrons. The predicted octanol–water partition coefficient (Wildman–Crippen LogP) is 0.233. The summed E-state index contributed by atoms with van der Waals surface area (Å²) in [5.74, 6) is 5.38. The molecule has 0 saturated heterocycles. The van der Waals surface area contributed by atoms with Gasteiger partial charge in [0.1, 0.15) is 4.90 Å². The predicted molar refractivity (Wildman–Crippen MR) is 74.3 cm³/mol. The molecule has 8 nitrogen and oxygen atoms in total. The van der Waals surface area contributed by atoms with Crippen molar-refractivity contribution in [2.24, 2.45) is 12.9 Å². The molecule has 0 aliphatic carbocycles. The van der Waals surface area contributed by atoms with Crippen molar-refractivity contribution in [2.75, 3.05) is 5.43 Å². The molecule has 2 aromatic rings. The molecule has 2 heterocycles. The summed E-state index contributed by atoms with van der Waals surface area (Å²) in [5, 5.41) is 4.07. The van der Waals surface area contributed by atoms with Gasteiger partial charge < -0.3 is 5.43 Å². The molecule has 10 heteroatoms. The molecule has 0 aromatic carbocycles. The Morgan fingerprint density at radius 2 is 2.25 bits per heavy atom. The Morgan fingerprint density at radius 3 is 2.80 bits per heavy atom. The average Bonchev–Trinajstić information content (AvgIpc) is 2.82. The van der Waals surface area contributed by atoms with Gasteiger partial charge in [0.25, 0.3) is 0 Å². The van der Waals surface area contributed by atoms with Crippen molar-refractivity contribution in [3.05, 3.63) is 35.2 Å². The lowest BCUT2D eigenvalue weighted by molar-refractivity contribution is 0.577. The summed E-state index contributed by atoms with van der Waals surface area (Å²) in [6.07, 6.45) is 2.76. The number of aromatic nitrogens is 3. The smallest absolute Gasteiger partial charge is 0.242 e. The quantitative estimate of drug-likeness (QED) is 0.537. The molecule has 2 aromatic heterocycles. The Hall–Kier alpha value is -1.68. The number of hydrogen-bond acceptors (Lipinski definition) is 6. The highest BCUT2D eigenvalue weighted by Gasteiger charge is 2.16. The Labute approximate surface area is 121 Å². The van der Waals surface area contributed by atoms with Gasteiger partial charge in [0.15, 0.2) is 5.82 Å². The van der Waals surface area contributed by atoms with Crippen LogP contribution in [0.1, 0.15) is 5.69 Å². The second kappa shape index (κ2) is 5.75. The van der Waals surface area contributed by atoms with E-state index in [0.29, 0.717) is 0 Å². The van der Waals surface area contributed by atoms with Gasteiger partial charge in [-0.15, -0.1) is 0 Å². The van der Waals surface area contributed by atoms with Crippen LogP contribution < -0.4 is 16.0 Å². The Morgan fingerprint density at radius 1 is 1.50 bits per heavy atom. The third kappa shape index (κ3) is 3.07. The molecular formula is C10H13ClN6O2S. The van der Waals surface area contributed by atoms with Gasteiger partial charge in [-0.25, -0.2) is 24.0 Å². The fourth-order valence-electron chi connectivity index (χ4n) is 1.50. The monoisotopic (exact) mass is 316 g/mol. The Balaban J connectivity index is 2.18. The molecule has 0 saturated carbocycles. The molecule has 20 heavy (non-hydrogen) atoms. The highest BCUT2D eigenvalue weighted by atomic mass is 35.5. The summed E-state index contributed by atoms with van der Waals surface area (Å²) < 4.78 is 28.2. The second-order valence-corrected chi connectivity index (χ2v) is 6.09. The van der Waals surface area contributed by atoms with Crippen LogP contribution in [0.15, 0.2) is 29.4 Å². The van der Waals surface area contributed by atoms with Gasteiger partial charge in [-0.3, -0.25) is 4.68 Å². The Kier molecular flexibility index (Phi) is 4.23. The van der Waals surface area contributed by atoms with Crippen LogP contribution in [0.4, 0.5) is 5.82 Å². The van der Waals surface area contributed by atoms with Crippen LogP contribution in [0.3, 0.4) is 0 Å². The molecule has 0 radical (unpaired) electrons. The van der Waals surface area contributed by atoms with Crippen molar-refractivity contribution >= 4 is 27.4 Å². The standard InChI is InChI=1S/C10H13ClN6O2S/c1-17-7(2-3-14-17)5-15-20(18,19)8-4-9(11)10(16-12)13-6-8/h2-4,6,15H,5,12H2,1H3,(H,13,16). The number of pyridine rings is 1. The number of nitrogens with one attached hydrogen (secondary N) is 2. The van der Waals surface area contributed by atoms with Gasteiger partial charge in [-0.1, -0.05) is 11.6 Å². The lowest BCUT2D eigenvalue weighted by Gasteiger charge is -2.08.